The van der Waals surface area contributed by atoms with E-state index in [0.717, 1.165) is 0 Å². The highest BCUT2D eigenvalue weighted by Crippen LogP contribution is 2.78. The molecular formula is C10H10Cl8. The van der Waals surface area contributed by atoms with E-state index in [-0.39, 0.29) is 23.1 Å². The molecule has 2 saturated carbocycles. The first-order valence-electron chi connectivity index (χ1n) is 5.29. The molecule has 0 saturated heterocycles. The van der Waals surface area contributed by atoms with Crippen molar-refractivity contribution in [2.45, 2.75) is 26.3 Å². The molecule has 8 heteroatoms. The Bertz CT molecular complexity index is 339. The van der Waals surface area contributed by atoms with Crippen LogP contribution in [-0.4, -0.2) is 31.7 Å². The highest BCUT2D eigenvalue weighted by Gasteiger charge is 2.82. The van der Waals surface area contributed by atoms with Crippen molar-refractivity contribution >= 4 is 92.8 Å². The molecule has 0 unspecified atom stereocenters. The normalized spacial score (nSPS) is 44.8. The van der Waals surface area contributed by atoms with Gasteiger partial charge in [-0.3, -0.25) is 0 Å². The predicted octanol–water partition coefficient (Wildman–Crippen LogP) is 5.66. The van der Waals surface area contributed by atoms with Crippen molar-refractivity contribution in [1.29, 1.82) is 0 Å². The first-order chi connectivity index (χ1) is 8.23. The van der Waals surface area contributed by atoms with Crippen molar-refractivity contribution in [3.05, 3.63) is 0 Å². The van der Waals surface area contributed by atoms with Crippen LogP contribution in [0.15, 0.2) is 0 Å². The average Bonchev–Trinajstić information content (AvgIpc) is 2.61. The van der Waals surface area contributed by atoms with Crippen molar-refractivity contribution in [2.24, 2.45) is 16.7 Å². The molecule has 0 aromatic heterocycles. The third-order valence-electron chi connectivity index (χ3n) is 4.54. The topological polar surface area (TPSA) is 0 Å². The van der Waals surface area contributed by atoms with Crippen molar-refractivity contribution in [3.63, 3.8) is 0 Å². The zero-order valence-electron chi connectivity index (χ0n) is 8.95. The van der Waals surface area contributed by atoms with Gasteiger partial charge in [0.15, 0.2) is 0 Å². The standard InChI is InChI=1S/C10H10Cl8/c11-2-8(3-12)4-1-9(17,18)10(8,7(15)16)6(14)5(4)13/h4-7H,1-3H2/t4-,5+,6-,10-/m1/s1. The molecule has 0 amide bonds. The molecule has 0 spiro atoms. The van der Waals surface area contributed by atoms with Gasteiger partial charge >= 0.3 is 0 Å². The second-order valence-electron chi connectivity index (χ2n) is 4.95. The lowest BCUT2D eigenvalue weighted by molar-refractivity contribution is 0.148. The van der Waals surface area contributed by atoms with Crippen LogP contribution >= 0.6 is 92.8 Å². The summed E-state index contributed by atoms with van der Waals surface area (Å²) < 4.78 is -1.19. The predicted molar refractivity (Wildman–Crippen MR) is 83.6 cm³/mol. The van der Waals surface area contributed by atoms with Gasteiger partial charge in [-0.2, -0.15) is 0 Å². The summed E-state index contributed by atoms with van der Waals surface area (Å²) in [6.45, 7) is 0. The second-order valence-corrected chi connectivity index (χ2v) is 9.04. The Labute approximate surface area is 146 Å². The van der Waals surface area contributed by atoms with Crippen LogP contribution in [0.1, 0.15) is 6.42 Å². The van der Waals surface area contributed by atoms with Crippen LogP contribution in [0.5, 0.6) is 0 Å². The fraction of sp³-hybridized carbons (Fsp3) is 1.00. The van der Waals surface area contributed by atoms with E-state index < -0.39 is 25.4 Å². The van der Waals surface area contributed by atoms with Gasteiger partial charge < -0.3 is 0 Å². The molecular weight excluding hydrogens is 404 g/mol. The maximum atomic E-state index is 6.45. The first-order valence-corrected chi connectivity index (χ1v) is 8.86. The molecule has 2 fully saturated rings. The van der Waals surface area contributed by atoms with Crippen LogP contribution in [0.4, 0.5) is 0 Å². The minimum absolute atomic E-state index is 0.105. The molecule has 0 aromatic carbocycles. The summed E-state index contributed by atoms with van der Waals surface area (Å²) in [5.41, 5.74) is -1.68. The Hall–Kier alpha value is 2.32. The van der Waals surface area contributed by atoms with E-state index in [1.165, 1.54) is 0 Å². The summed E-state index contributed by atoms with van der Waals surface area (Å²) in [5, 5.41) is -0.930. The van der Waals surface area contributed by atoms with Crippen molar-refractivity contribution in [2.75, 3.05) is 11.8 Å². The van der Waals surface area contributed by atoms with Gasteiger partial charge in [0.2, 0.25) is 0 Å². The summed E-state index contributed by atoms with van der Waals surface area (Å²) in [6.07, 6.45) is 0.433. The van der Waals surface area contributed by atoms with Gasteiger partial charge in [0.05, 0.1) is 16.2 Å². The average molecular weight is 414 g/mol. The highest BCUT2D eigenvalue weighted by atomic mass is 35.5. The van der Waals surface area contributed by atoms with Crippen LogP contribution < -0.4 is 0 Å². The van der Waals surface area contributed by atoms with E-state index in [1.807, 2.05) is 0 Å². The number of halogens is 8. The molecule has 0 N–H and O–H groups in total. The minimum atomic E-state index is -1.19. The van der Waals surface area contributed by atoms with Gasteiger partial charge in [0, 0.05) is 17.2 Å². The molecule has 2 bridgehead atoms. The molecule has 106 valence electrons. The van der Waals surface area contributed by atoms with Crippen molar-refractivity contribution in [1.82, 2.24) is 0 Å². The van der Waals surface area contributed by atoms with Crippen LogP contribution in [-0.2, 0) is 0 Å². The van der Waals surface area contributed by atoms with Crippen LogP contribution in [0.3, 0.4) is 0 Å². The number of rotatable bonds is 3. The lowest BCUT2D eigenvalue weighted by Gasteiger charge is -2.49. The van der Waals surface area contributed by atoms with Crippen LogP contribution in [0.2, 0.25) is 0 Å². The Balaban J connectivity index is 2.69. The van der Waals surface area contributed by atoms with Crippen LogP contribution in [0, 0.1) is 16.7 Å². The lowest BCUT2D eigenvalue weighted by Crippen LogP contribution is -2.56. The summed E-state index contributed by atoms with van der Waals surface area (Å²) in [6, 6.07) is 0. The zero-order chi connectivity index (χ0) is 13.9. The van der Waals surface area contributed by atoms with Gasteiger partial charge in [-0.1, -0.05) is 0 Å². The van der Waals surface area contributed by atoms with Crippen molar-refractivity contribution in [3.8, 4) is 0 Å². The third kappa shape index (κ3) is 1.67. The smallest absolute Gasteiger partial charge is 0.126 e. The molecule has 0 aliphatic heterocycles. The van der Waals surface area contributed by atoms with E-state index >= 15 is 0 Å². The fourth-order valence-corrected chi connectivity index (χ4v) is 8.68. The number of fused-ring (bicyclic) bond motifs is 2. The maximum Gasteiger partial charge on any atom is 0.128 e. The van der Waals surface area contributed by atoms with Gasteiger partial charge in [0.25, 0.3) is 0 Å². The highest BCUT2D eigenvalue weighted by molar-refractivity contribution is 6.54. The molecule has 4 atom stereocenters. The number of alkyl halides is 8. The molecule has 2 rings (SSSR count). The molecule has 0 aromatic rings. The third-order valence-corrected chi connectivity index (χ3v) is 8.41. The van der Waals surface area contributed by atoms with E-state index in [0.29, 0.717) is 6.42 Å². The molecule has 2 aliphatic carbocycles. The Morgan fingerprint density at radius 2 is 1.56 bits per heavy atom. The second kappa shape index (κ2) is 5.20. The summed E-state index contributed by atoms with van der Waals surface area (Å²) in [7, 11) is 0. The first kappa shape index (κ1) is 16.7. The quantitative estimate of drug-likeness (QED) is 0.523. The largest absolute Gasteiger partial charge is 0.128 e. The van der Waals surface area contributed by atoms with Gasteiger partial charge in [0.1, 0.15) is 9.17 Å². The van der Waals surface area contributed by atoms with Gasteiger partial charge in [-0.15, -0.1) is 92.8 Å². The summed E-state index contributed by atoms with van der Waals surface area (Å²) in [4.78, 5) is -0.902. The van der Waals surface area contributed by atoms with E-state index in [2.05, 4.69) is 0 Å². The summed E-state index contributed by atoms with van der Waals surface area (Å²) >= 11 is 50.4. The SMILES string of the molecule is ClCC1(CCl)[C@@H]2CC(Cl)(Cl)[C@@]1(C(Cl)Cl)[C@H](Cl)[C@H]2Cl. The van der Waals surface area contributed by atoms with Gasteiger partial charge in [-0.05, 0) is 12.3 Å². The Kier molecular flexibility index (Phi) is 4.82. The monoisotopic (exact) mass is 410 g/mol. The van der Waals surface area contributed by atoms with Crippen LogP contribution in [0.25, 0.3) is 0 Å². The van der Waals surface area contributed by atoms with E-state index in [4.69, 9.17) is 92.8 Å². The molecule has 18 heavy (non-hydrogen) atoms. The maximum absolute atomic E-state index is 6.45. The molecule has 0 nitrogen and oxygen atoms in total. The number of hydrogen-bond donors (Lipinski definition) is 0. The van der Waals surface area contributed by atoms with E-state index in [1.54, 1.807) is 0 Å². The lowest BCUT2D eigenvalue weighted by atomic mass is 9.69. The fourth-order valence-electron chi connectivity index (χ4n) is 3.61. The molecule has 0 radical (unpaired) electrons. The Morgan fingerprint density at radius 3 is 1.89 bits per heavy atom. The van der Waals surface area contributed by atoms with Crippen molar-refractivity contribution < 1.29 is 0 Å². The van der Waals surface area contributed by atoms with Gasteiger partial charge in [-0.25, -0.2) is 0 Å². The zero-order valence-corrected chi connectivity index (χ0v) is 15.0. The summed E-state index contributed by atoms with van der Waals surface area (Å²) in [5.74, 6) is 0.321. The number of hydrogen-bond acceptors (Lipinski definition) is 0. The van der Waals surface area contributed by atoms with E-state index in [9.17, 15) is 0 Å². The Morgan fingerprint density at radius 1 is 1.06 bits per heavy atom. The molecule has 2 aliphatic rings. The minimum Gasteiger partial charge on any atom is -0.126 e. The molecule has 0 heterocycles.